The van der Waals surface area contributed by atoms with Gasteiger partial charge in [-0.25, -0.2) is 4.39 Å². The minimum atomic E-state index is -0.508. The van der Waals surface area contributed by atoms with E-state index in [0.717, 1.165) is 28.5 Å². The Morgan fingerprint density at radius 3 is 2.75 bits per heavy atom. The molecule has 0 saturated heterocycles. The lowest BCUT2D eigenvalue weighted by atomic mass is 10.1. The van der Waals surface area contributed by atoms with Crippen LogP contribution in [0.1, 0.15) is 23.6 Å². The molecule has 1 aromatic heterocycles. The molecule has 0 atom stereocenters. The maximum Gasteiger partial charge on any atom is 0.310 e. The smallest absolute Gasteiger partial charge is 0.310 e. The van der Waals surface area contributed by atoms with Crippen LogP contribution in [0.25, 0.3) is 11.0 Å². The number of fused-ring (bicyclic) bond motifs is 1. The number of benzene rings is 2. The number of furan rings is 1. The standard InChI is InChI=1S/C22H22FNO4/c1-2-15-7-8-18-17(13-27-20(18)11-15)12-22(26)28-14-21(25)24-10-9-16-5-3-4-6-19(16)23/h3-8,11,13H,2,9-10,12,14H2,1H3,(H,24,25). The fourth-order valence-corrected chi connectivity index (χ4v) is 2.93. The molecule has 1 amide bonds. The molecule has 0 unspecified atom stereocenters. The first-order chi connectivity index (χ1) is 13.6. The van der Waals surface area contributed by atoms with Gasteiger partial charge in [0, 0.05) is 17.5 Å². The molecule has 146 valence electrons. The van der Waals surface area contributed by atoms with Gasteiger partial charge in [0.25, 0.3) is 5.91 Å². The van der Waals surface area contributed by atoms with E-state index in [0.29, 0.717) is 12.0 Å². The van der Waals surface area contributed by atoms with Gasteiger partial charge in [-0.3, -0.25) is 9.59 Å². The lowest BCUT2D eigenvalue weighted by Gasteiger charge is -2.07. The lowest BCUT2D eigenvalue weighted by molar-refractivity contribution is -0.147. The molecule has 28 heavy (non-hydrogen) atoms. The van der Waals surface area contributed by atoms with Crippen molar-refractivity contribution in [3.8, 4) is 0 Å². The highest BCUT2D eigenvalue weighted by Gasteiger charge is 2.13. The highest BCUT2D eigenvalue weighted by molar-refractivity contribution is 5.87. The number of carbonyl (C=O) groups excluding carboxylic acids is 2. The molecule has 0 aliphatic rings. The van der Waals surface area contributed by atoms with E-state index in [-0.39, 0.29) is 25.4 Å². The Hall–Kier alpha value is -3.15. The SMILES string of the molecule is CCc1ccc2c(CC(=O)OCC(=O)NCCc3ccccc3F)coc2c1. The van der Waals surface area contributed by atoms with Gasteiger partial charge in [-0.2, -0.15) is 0 Å². The molecule has 0 bridgehead atoms. The zero-order valence-corrected chi connectivity index (χ0v) is 15.7. The van der Waals surface area contributed by atoms with Crippen LogP contribution >= 0.6 is 0 Å². The molecule has 5 nitrogen and oxygen atoms in total. The number of hydrogen-bond acceptors (Lipinski definition) is 4. The molecular weight excluding hydrogens is 361 g/mol. The van der Waals surface area contributed by atoms with Crippen LogP contribution in [-0.4, -0.2) is 25.0 Å². The molecule has 3 aromatic rings. The second kappa shape index (κ2) is 9.17. The summed E-state index contributed by atoms with van der Waals surface area (Å²) < 4.78 is 24.0. The van der Waals surface area contributed by atoms with Gasteiger partial charge in [-0.1, -0.05) is 37.3 Å². The second-order valence-corrected chi connectivity index (χ2v) is 6.47. The summed E-state index contributed by atoms with van der Waals surface area (Å²) in [6, 6.07) is 12.3. The highest BCUT2D eigenvalue weighted by atomic mass is 19.1. The summed E-state index contributed by atoms with van der Waals surface area (Å²) >= 11 is 0. The van der Waals surface area contributed by atoms with Crippen LogP contribution in [0.5, 0.6) is 0 Å². The number of amides is 1. The molecule has 1 N–H and O–H groups in total. The Labute approximate surface area is 162 Å². The topological polar surface area (TPSA) is 68.5 Å². The van der Waals surface area contributed by atoms with Gasteiger partial charge >= 0.3 is 5.97 Å². The molecule has 2 aromatic carbocycles. The van der Waals surface area contributed by atoms with E-state index in [4.69, 9.17) is 9.15 Å². The summed E-state index contributed by atoms with van der Waals surface area (Å²) in [5.74, 6) is -1.23. The number of aryl methyl sites for hydroxylation is 1. The summed E-state index contributed by atoms with van der Waals surface area (Å²) in [6.45, 7) is 1.96. The molecule has 0 spiro atoms. The third kappa shape index (κ3) is 4.97. The fraction of sp³-hybridized carbons (Fsp3) is 0.273. The van der Waals surface area contributed by atoms with Gasteiger partial charge in [-0.15, -0.1) is 0 Å². The summed E-state index contributed by atoms with van der Waals surface area (Å²) in [4.78, 5) is 23.8. The van der Waals surface area contributed by atoms with Crippen LogP contribution in [0, 0.1) is 5.82 Å². The molecule has 6 heteroatoms. The van der Waals surface area contributed by atoms with Crippen LogP contribution in [0.15, 0.2) is 53.1 Å². The van der Waals surface area contributed by atoms with Crippen molar-refractivity contribution < 1.29 is 23.1 Å². The van der Waals surface area contributed by atoms with Crippen LogP contribution in [-0.2, 0) is 33.6 Å². The molecule has 0 radical (unpaired) electrons. The Balaban J connectivity index is 1.44. The molecular formula is C22H22FNO4. The van der Waals surface area contributed by atoms with E-state index >= 15 is 0 Å². The number of ether oxygens (including phenoxy) is 1. The van der Waals surface area contributed by atoms with Crippen molar-refractivity contribution in [1.29, 1.82) is 0 Å². The summed E-state index contributed by atoms with van der Waals surface area (Å²) in [6.07, 6.45) is 2.84. The van der Waals surface area contributed by atoms with Gasteiger partial charge in [-0.05, 0) is 36.1 Å². The number of halogens is 1. The van der Waals surface area contributed by atoms with Crippen LogP contribution in [0.4, 0.5) is 4.39 Å². The summed E-state index contributed by atoms with van der Waals surface area (Å²) in [7, 11) is 0. The van der Waals surface area contributed by atoms with E-state index in [9.17, 15) is 14.0 Å². The van der Waals surface area contributed by atoms with E-state index in [1.54, 1.807) is 24.5 Å². The minimum absolute atomic E-state index is 0.0287. The zero-order chi connectivity index (χ0) is 19.9. The number of nitrogens with one attached hydrogen (secondary N) is 1. The zero-order valence-electron chi connectivity index (χ0n) is 15.7. The fourth-order valence-electron chi connectivity index (χ4n) is 2.93. The molecule has 1 heterocycles. The first-order valence-electron chi connectivity index (χ1n) is 9.21. The number of hydrogen-bond donors (Lipinski definition) is 1. The molecule has 0 aliphatic heterocycles. The number of esters is 1. The quantitative estimate of drug-likeness (QED) is 0.604. The molecule has 0 saturated carbocycles. The van der Waals surface area contributed by atoms with Crippen molar-refractivity contribution in [3.05, 3.63) is 71.2 Å². The predicted molar refractivity (Wildman–Crippen MR) is 103 cm³/mol. The largest absolute Gasteiger partial charge is 0.464 e. The van der Waals surface area contributed by atoms with Gasteiger partial charge in [0.2, 0.25) is 0 Å². The van der Waals surface area contributed by atoms with Gasteiger partial charge in [0.15, 0.2) is 6.61 Å². The first-order valence-corrected chi connectivity index (χ1v) is 9.21. The number of carbonyl (C=O) groups is 2. The Bertz CT molecular complexity index is 980. The van der Waals surface area contributed by atoms with Crippen molar-refractivity contribution in [2.24, 2.45) is 0 Å². The summed E-state index contributed by atoms with van der Waals surface area (Å²) in [5.41, 5.74) is 3.14. The van der Waals surface area contributed by atoms with Gasteiger partial charge in [0.05, 0.1) is 12.7 Å². The lowest BCUT2D eigenvalue weighted by Crippen LogP contribution is -2.30. The van der Waals surface area contributed by atoms with Crippen molar-refractivity contribution in [3.63, 3.8) is 0 Å². The van der Waals surface area contributed by atoms with Crippen LogP contribution in [0.2, 0.25) is 0 Å². The normalized spacial score (nSPS) is 10.8. The third-order valence-corrected chi connectivity index (χ3v) is 4.50. The molecule has 3 rings (SSSR count). The maximum absolute atomic E-state index is 13.5. The van der Waals surface area contributed by atoms with Crippen LogP contribution < -0.4 is 5.32 Å². The Kier molecular flexibility index (Phi) is 6.42. The summed E-state index contributed by atoms with van der Waals surface area (Å²) in [5, 5.41) is 3.48. The van der Waals surface area contributed by atoms with Crippen molar-refractivity contribution in [2.75, 3.05) is 13.2 Å². The monoisotopic (exact) mass is 383 g/mol. The Morgan fingerprint density at radius 1 is 1.14 bits per heavy atom. The van der Waals surface area contributed by atoms with E-state index < -0.39 is 11.9 Å². The van der Waals surface area contributed by atoms with Gasteiger partial charge in [0.1, 0.15) is 11.4 Å². The minimum Gasteiger partial charge on any atom is -0.464 e. The molecule has 0 fully saturated rings. The van der Waals surface area contributed by atoms with E-state index in [1.165, 1.54) is 6.07 Å². The van der Waals surface area contributed by atoms with Crippen LogP contribution in [0.3, 0.4) is 0 Å². The highest BCUT2D eigenvalue weighted by Crippen LogP contribution is 2.23. The average molecular weight is 383 g/mol. The second-order valence-electron chi connectivity index (χ2n) is 6.47. The predicted octanol–water partition coefficient (Wildman–Crippen LogP) is 3.58. The van der Waals surface area contributed by atoms with E-state index in [1.807, 2.05) is 18.2 Å². The van der Waals surface area contributed by atoms with E-state index in [2.05, 4.69) is 12.2 Å². The van der Waals surface area contributed by atoms with Crippen molar-refractivity contribution >= 4 is 22.8 Å². The number of rotatable bonds is 8. The van der Waals surface area contributed by atoms with Crippen molar-refractivity contribution in [2.45, 2.75) is 26.2 Å². The first kappa shape index (κ1) is 19.6. The van der Waals surface area contributed by atoms with Crippen molar-refractivity contribution in [1.82, 2.24) is 5.32 Å². The van der Waals surface area contributed by atoms with Gasteiger partial charge < -0.3 is 14.5 Å². The average Bonchev–Trinajstić information content (AvgIpc) is 3.09. The molecule has 0 aliphatic carbocycles. The maximum atomic E-state index is 13.5. The third-order valence-electron chi connectivity index (χ3n) is 4.50. The Morgan fingerprint density at radius 2 is 1.96 bits per heavy atom.